The highest BCUT2D eigenvalue weighted by atomic mass is 79.9. The SMILES string of the molecule is Cc1nn(Cc2ccccc2)c(C)c1NC(=S)Nc1ccc(Br)cc1. The molecule has 2 N–H and O–H groups in total. The number of benzene rings is 2. The van der Waals surface area contributed by atoms with Crippen LogP contribution in [0.1, 0.15) is 17.0 Å². The van der Waals surface area contributed by atoms with E-state index in [1.165, 1.54) is 5.56 Å². The summed E-state index contributed by atoms with van der Waals surface area (Å²) < 4.78 is 3.03. The highest BCUT2D eigenvalue weighted by molar-refractivity contribution is 9.10. The van der Waals surface area contributed by atoms with Gasteiger partial charge in [-0.15, -0.1) is 0 Å². The molecule has 0 aliphatic carbocycles. The van der Waals surface area contributed by atoms with Gasteiger partial charge in [0.25, 0.3) is 0 Å². The van der Waals surface area contributed by atoms with Crippen LogP contribution in [0, 0.1) is 13.8 Å². The smallest absolute Gasteiger partial charge is 0.175 e. The van der Waals surface area contributed by atoms with Crippen LogP contribution in [0.4, 0.5) is 11.4 Å². The number of nitrogens with one attached hydrogen (secondary N) is 2. The number of rotatable bonds is 4. The lowest BCUT2D eigenvalue weighted by molar-refractivity contribution is 0.659. The molecule has 0 saturated carbocycles. The Labute approximate surface area is 161 Å². The van der Waals surface area contributed by atoms with E-state index in [-0.39, 0.29) is 0 Å². The van der Waals surface area contributed by atoms with Crippen molar-refractivity contribution < 1.29 is 0 Å². The monoisotopic (exact) mass is 414 g/mol. The van der Waals surface area contributed by atoms with Gasteiger partial charge in [0.1, 0.15) is 0 Å². The van der Waals surface area contributed by atoms with E-state index in [4.69, 9.17) is 12.2 Å². The van der Waals surface area contributed by atoms with Gasteiger partial charge in [-0.3, -0.25) is 4.68 Å². The van der Waals surface area contributed by atoms with Crippen molar-refractivity contribution in [1.82, 2.24) is 9.78 Å². The molecule has 2 aromatic carbocycles. The third kappa shape index (κ3) is 4.46. The molecule has 0 aliphatic rings. The van der Waals surface area contributed by atoms with Crippen molar-refractivity contribution in [1.29, 1.82) is 0 Å². The minimum absolute atomic E-state index is 0.549. The van der Waals surface area contributed by atoms with Crippen LogP contribution in [0.5, 0.6) is 0 Å². The highest BCUT2D eigenvalue weighted by Crippen LogP contribution is 2.21. The van der Waals surface area contributed by atoms with Crippen LogP contribution in [0.2, 0.25) is 0 Å². The van der Waals surface area contributed by atoms with E-state index in [0.29, 0.717) is 5.11 Å². The van der Waals surface area contributed by atoms with E-state index < -0.39 is 0 Å². The number of thiocarbonyl (C=S) groups is 1. The van der Waals surface area contributed by atoms with Crippen LogP contribution in [0.3, 0.4) is 0 Å². The summed E-state index contributed by atoms with van der Waals surface area (Å²) in [6, 6.07) is 18.2. The van der Waals surface area contributed by atoms with Crippen molar-refractivity contribution in [2.45, 2.75) is 20.4 Å². The van der Waals surface area contributed by atoms with Crippen molar-refractivity contribution >= 4 is 44.6 Å². The standard InChI is InChI=1S/C19H19BrN4S/c1-13-18(22-19(25)21-17-10-8-16(20)9-11-17)14(2)24(23-13)12-15-6-4-3-5-7-15/h3-11H,12H2,1-2H3,(H2,21,22,25). The predicted molar refractivity (Wildman–Crippen MR) is 111 cm³/mol. The molecule has 0 fully saturated rings. The molecule has 0 radical (unpaired) electrons. The molecular weight excluding hydrogens is 396 g/mol. The normalized spacial score (nSPS) is 10.5. The summed E-state index contributed by atoms with van der Waals surface area (Å²) in [5, 5.41) is 11.7. The van der Waals surface area contributed by atoms with E-state index in [1.54, 1.807) is 0 Å². The molecule has 0 aliphatic heterocycles. The average Bonchev–Trinajstić information content (AvgIpc) is 2.85. The maximum atomic E-state index is 5.44. The molecular formula is C19H19BrN4S. The van der Waals surface area contributed by atoms with Gasteiger partial charge in [-0.2, -0.15) is 5.10 Å². The fourth-order valence-corrected chi connectivity index (χ4v) is 3.08. The first kappa shape index (κ1) is 17.6. The highest BCUT2D eigenvalue weighted by Gasteiger charge is 2.13. The Morgan fingerprint density at radius 3 is 2.40 bits per heavy atom. The van der Waals surface area contributed by atoms with Gasteiger partial charge in [0.2, 0.25) is 0 Å². The van der Waals surface area contributed by atoms with Crippen molar-refractivity contribution in [3.63, 3.8) is 0 Å². The second kappa shape index (κ2) is 7.80. The molecule has 0 atom stereocenters. The first-order chi connectivity index (χ1) is 12.0. The number of aromatic nitrogens is 2. The Bertz CT molecular complexity index is 872. The lowest BCUT2D eigenvalue weighted by atomic mass is 10.2. The van der Waals surface area contributed by atoms with Gasteiger partial charge in [0.05, 0.1) is 23.6 Å². The van der Waals surface area contributed by atoms with Crippen LogP contribution < -0.4 is 10.6 Å². The summed E-state index contributed by atoms with van der Waals surface area (Å²) in [6.45, 7) is 4.77. The first-order valence-corrected chi connectivity index (χ1v) is 9.14. The fourth-order valence-electron chi connectivity index (χ4n) is 2.60. The summed E-state index contributed by atoms with van der Waals surface area (Å²) >= 11 is 8.87. The van der Waals surface area contributed by atoms with E-state index in [1.807, 2.05) is 61.0 Å². The summed E-state index contributed by atoms with van der Waals surface area (Å²) in [4.78, 5) is 0. The second-order valence-electron chi connectivity index (χ2n) is 5.78. The van der Waals surface area contributed by atoms with Gasteiger partial charge in [-0.1, -0.05) is 46.3 Å². The van der Waals surface area contributed by atoms with Crippen LogP contribution in [0.15, 0.2) is 59.1 Å². The number of anilines is 2. The molecule has 3 rings (SSSR count). The minimum atomic E-state index is 0.549. The Hall–Kier alpha value is -2.18. The molecule has 1 aromatic heterocycles. The minimum Gasteiger partial charge on any atom is -0.332 e. The Balaban J connectivity index is 1.72. The van der Waals surface area contributed by atoms with Gasteiger partial charge in [0, 0.05) is 10.2 Å². The third-order valence-electron chi connectivity index (χ3n) is 3.90. The van der Waals surface area contributed by atoms with Gasteiger partial charge in [-0.05, 0) is 55.9 Å². The largest absolute Gasteiger partial charge is 0.332 e. The second-order valence-corrected chi connectivity index (χ2v) is 7.10. The summed E-state index contributed by atoms with van der Waals surface area (Å²) in [5.41, 5.74) is 5.09. The number of nitrogens with zero attached hydrogens (tertiary/aromatic N) is 2. The predicted octanol–water partition coefficient (Wildman–Crippen LogP) is 5.12. The molecule has 4 nitrogen and oxygen atoms in total. The lowest BCUT2D eigenvalue weighted by Crippen LogP contribution is -2.19. The van der Waals surface area contributed by atoms with Gasteiger partial charge < -0.3 is 10.6 Å². The fraction of sp³-hybridized carbons (Fsp3) is 0.158. The molecule has 25 heavy (non-hydrogen) atoms. The van der Waals surface area contributed by atoms with Gasteiger partial charge in [-0.25, -0.2) is 0 Å². The molecule has 1 heterocycles. The zero-order valence-electron chi connectivity index (χ0n) is 14.1. The Morgan fingerprint density at radius 2 is 1.72 bits per heavy atom. The Kier molecular flexibility index (Phi) is 5.50. The summed E-state index contributed by atoms with van der Waals surface area (Å²) in [5.74, 6) is 0. The van der Waals surface area contributed by atoms with Gasteiger partial charge >= 0.3 is 0 Å². The zero-order valence-corrected chi connectivity index (χ0v) is 16.5. The Morgan fingerprint density at radius 1 is 1.04 bits per heavy atom. The molecule has 0 unspecified atom stereocenters. The maximum Gasteiger partial charge on any atom is 0.175 e. The topological polar surface area (TPSA) is 41.9 Å². The van der Waals surface area contributed by atoms with E-state index in [0.717, 1.165) is 33.8 Å². The first-order valence-electron chi connectivity index (χ1n) is 7.94. The number of halogens is 1. The van der Waals surface area contributed by atoms with Crippen LogP contribution in [-0.2, 0) is 6.54 Å². The summed E-state index contributed by atoms with van der Waals surface area (Å²) in [6.07, 6.45) is 0. The molecule has 3 aromatic rings. The zero-order chi connectivity index (χ0) is 17.8. The number of aryl methyl sites for hydroxylation is 1. The van der Waals surface area contributed by atoms with E-state index in [9.17, 15) is 0 Å². The van der Waals surface area contributed by atoms with Crippen LogP contribution in [0.25, 0.3) is 0 Å². The van der Waals surface area contributed by atoms with Crippen molar-refractivity contribution in [2.24, 2.45) is 0 Å². The molecule has 6 heteroatoms. The molecule has 0 bridgehead atoms. The molecule has 128 valence electrons. The van der Waals surface area contributed by atoms with Crippen molar-refractivity contribution in [3.05, 3.63) is 76.0 Å². The molecule has 0 amide bonds. The van der Waals surface area contributed by atoms with E-state index in [2.05, 4.69) is 43.8 Å². The number of hydrogen-bond acceptors (Lipinski definition) is 2. The van der Waals surface area contributed by atoms with Gasteiger partial charge in [0.15, 0.2) is 5.11 Å². The van der Waals surface area contributed by atoms with Crippen LogP contribution >= 0.6 is 28.1 Å². The third-order valence-corrected chi connectivity index (χ3v) is 4.63. The molecule has 0 spiro atoms. The van der Waals surface area contributed by atoms with E-state index >= 15 is 0 Å². The average molecular weight is 415 g/mol. The quantitative estimate of drug-likeness (QED) is 0.581. The van der Waals surface area contributed by atoms with Crippen molar-refractivity contribution in [2.75, 3.05) is 10.6 Å². The van der Waals surface area contributed by atoms with Crippen molar-refractivity contribution in [3.8, 4) is 0 Å². The molecule has 0 saturated heterocycles. The van der Waals surface area contributed by atoms with Crippen LogP contribution in [-0.4, -0.2) is 14.9 Å². The lowest BCUT2D eigenvalue weighted by Gasteiger charge is -2.11. The summed E-state index contributed by atoms with van der Waals surface area (Å²) in [7, 11) is 0. The number of hydrogen-bond donors (Lipinski definition) is 2. The maximum absolute atomic E-state index is 5.44.